The monoisotopic (exact) mass is 256 g/mol. The summed E-state index contributed by atoms with van der Waals surface area (Å²) < 4.78 is 5.30. The molecule has 7 heteroatoms. The molecule has 0 amide bonds. The molecule has 0 bridgehead atoms. The molecule has 0 unspecified atom stereocenters. The molecule has 96 valence electrons. The molecule has 0 radical (unpaired) electrons. The van der Waals surface area contributed by atoms with E-state index in [0.717, 1.165) is 0 Å². The SMILES string of the molecule is N#Cc1cc2c(N)ncnc2nc1N1CCOCC1. The lowest BCUT2D eigenvalue weighted by Crippen LogP contribution is -2.37. The van der Waals surface area contributed by atoms with Gasteiger partial charge < -0.3 is 15.4 Å². The maximum absolute atomic E-state index is 9.27. The summed E-state index contributed by atoms with van der Waals surface area (Å²) in [6.07, 6.45) is 1.37. The van der Waals surface area contributed by atoms with Gasteiger partial charge in [-0.25, -0.2) is 15.0 Å². The van der Waals surface area contributed by atoms with Crippen LogP contribution in [0, 0.1) is 11.3 Å². The maximum atomic E-state index is 9.27. The van der Waals surface area contributed by atoms with E-state index in [4.69, 9.17) is 10.5 Å². The molecular weight excluding hydrogens is 244 g/mol. The third-order valence-electron chi connectivity index (χ3n) is 3.07. The molecule has 19 heavy (non-hydrogen) atoms. The van der Waals surface area contributed by atoms with Gasteiger partial charge in [0, 0.05) is 13.1 Å². The van der Waals surface area contributed by atoms with Crippen LogP contribution in [0.2, 0.25) is 0 Å². The number of aromatic nitrogens is 3. The number of rotatable bonds is 1. The van der Waals surface area contributed by atoms with E-state index >= 15 is 0 Å². The Morgan fingerprint density at radius 1 is 1.32 bits per heavy atom. The molecular formula is C12H12N6O. The van der Waals surface area contributed by atoms with Crippen LogP contribution in [0.15, 0.2) is 12.4 Å². The van der Waals surface area contributed by atoms with Crippen LogP contribution in [0.3, 0.4) is 0 Å². The molecule has 0 aromatic carbocycles. The fourth-order valence-electron chi connectivity index (χ4n) is 2.09. The van der Waals surface area contributed by atoms with Crippen LogP contribution < -0.4 is 10.6 Å². The predicted molar refractivity (Wildman–Crippen MR) is 69.5 cm³/mol. The number of pyridine rings is 1. The van der Waals surface area contributed by atoms with Crippen molar-refractivity contribution in [2.75, 3.05) is 36.9 Å². The highest BCUT2D eigenvalue weighted by molar-refractivity contribution is 5.88. The van der Waals surface area contributed by atoms with Crippen molar-refractivity contribution in [3.05, 3.63) is 18.0 Å². The fraction of sp³-hybridized carbons (Fsp3) is 0.333. The Morgan fingerprint density at radius 2 is 2.11 bits per heavy atom. The van der Waals surface area contributed by atoms with Crippen LogP contribution in [0.1, 0.15) is 5.56 Å². The van der Waals surface area contributed by atoms with E-state index in [9.17, 15) is 5.26 Å². The first kappa shape index (κ1) is 11.6. The molecule has 1 aliphatic rings. The number of morpholine rings is 1. The number of nitrogens with two attached hydrogens (primary N) is 1. The zero-order valence-corrected chi connectivity index (χ0v) is 10.2. The minimum absolute atomic E-state index is 0.336. The third kappa shape index (κ3) is 2.02. The molecule has 3 heterocycles. The molecule has 3 rings (SSSR count). The Hall–Kier alpha value is -2.46. The van der Waals surface area contributed by atoms with Crippen molar-refractivity contribution >= 4 is 22.7 Å². The van der Waals surface area contributed by atoms with E-state index < -0.39 is 0 Å². The summed E-state index contributed by atoms with van der Waals surface area (Å²) in [4.78, 5) is 14.5. The van der Waals surface area contributed by atoms with Gasteiger partial charge in [-0.15, -0.1) is 0 Å². The summed E-state index contributed by atoms with van der Waals surface area (Å²) in [5.74, 6) is 0.971. The van der Waals surface area contributed by atoms with Gasteiger partial charge >= 0.3 is 0 Å². The zero-order chi connectivity index (χ0) is 13.2. The van der Waals surface area contributed by atoms with Crippen LogP contribution in [-0.2, 0) is 4.74 Å². The average molecular weight is 256 g/mol. The molecule has 2 N–H and O–H groups in total. The van der Waals surface area contributed by atoms with Gasteiger partial charge in [-0.2, -0.15) is 5.26 Å². The molecule has 1 fully saturated rings. The molecule has 2 aromatic rings. The van der Waals surface area contributed by atoms with Gasteiger partial charge in [-0.1, -0.05) is 0 Å². The van der Waals surface area contributed by atoms with Crippen LogP contribution in [0.5, 0.6) is 0 Å². The maximum Gasteiger partial charge on any atom is 0.167 e. The standard InChI is InChI=1S/C12H12N6O/c13-6-8-5-9-10(14)15-7-16-11(9)17-12(8)18-1-3-19-4-2-18/h5,7H,1-4H2,(H2,14,15,16,17). The first-order valence-corrected chi connectivity index (χ1v) is 5.93. The summed E-state index contributed by atoms with van der Waals surface area (Å²) in [7, 11) is 0. The summed E-state index contributed by atoms with van der Waals surface area (Å²) in [5, 5.41) is 9.88. The van der Waals surface area contributed by atoms with Crippen molar-refractivity contribution < 1.29 is 4.74 Å². The van der Waals surface area contributed by atoms with Gasteiger partial charge in [0.2, 0.25) is 0 Å². The molecule has 1 saturated heterocycles. The summed E-state index contributed by atoms with van der Waals surface area (Å²) in [6.45, 7) is 2.70. The second-order valence-corrected chi connectivity index (χ2v) is 4.20. The largest absolute Gasteiger partial charge is 0.383 e. The molecule has 0 spiro atoms. The Bertz CT molecular complexity index is 659. The highest BCUT2D eigenvalue weighted by Crippen LogP contribution is 2.24. The molecule has 0 aliphatic carbocycles. The minimum Gasteiger partial charge on any atom is -0.383 e. The molecule has 7 nitrogen and oxygen atoms in total. The van der Waals surface area contributed by atoms with Crippen molar-refractivity contribution in [2.45, 2.75) is 0 Å². The first-order valence-electron chi connectivity index (χ1n) is 5.93. The number of ether oxygens (including phenoxy) is 1. The topological polar surface area (TPSA) is 101 Å². The number of hydrogen-bond donors (Lipinski definition) is 1. The third-order valence-corrected chi connectivity index (χ3v) is 3.07. The van der Waals surface area contributed by atoms with E-state index in [1.165, 1.54) is 6.33 Å². The number of nitriles is 1. The summed E-state index contributed by atoms with van der Waals surface area (Å²) >= 11 is 0. The molecule has 1 aliphatic heterocycles. The smallest absolute Gasteiger partial charge is 0.167 e. The van der Waals surface area contributed by atoms with Crippen LogP contribution in [0.25, 0.3) is 11.0 Å². The number of nitrogen functional groups attached to an aromatic ring is 1. The van der Waals surface area contributed by atoms with E-state index in [2.05, 4.69) is 21.0 Å². The van der Waals surface area contributed by atoms with E-state index in [-0.39, 0.29) is 0 Å². The number of nitrogens with zero attached hydrogens (tertiary/aromatic N) is 5. The Kier molecular flexibility index (Phi) is 2.85. The summed E-state index contributed by atoms with van der Waals surface area (Å²) in [5.41, 5.74) is 6.76. The summed E-state index contributed by atoms with van der Waals surface area (Å²) in [6, 6.07) is 3.85. The quantitative estimate of drug-likeness (QED) is 0.783. The van der Waals surface area contributed by atoms with Crippen molar-refractivity contribution in [1.82, 2.24) is 15.0 Å². The predicted octanol–water partition coefficient (Wildman–Crippen LogP) is 0.315. The highest BCUT2D eigenvalue weighted by atomic mass is 16.5. The lowest BCUT2D eigenvalue weighted by molar-refractivity contribution is 0.122. The van der Waals surface area contributed by atoms with Crippen molar-refractivity contribution in [1.29, 1.82) is 5.26 Å². The van der Waals surface area contributed by atoms with Gasteiger partial charge in [0.1, 0.15) is 24.0 Å². The lowest BCUT2D eigenvalue weighted by atomic mass is 10.2. The molecule has 2 aromatic heterocycles. The van der Waals surface area contributed by atoms with E-state index in [0.29, 0.717) is 54.5 Å². The normalized spacial score (nSPS) is 15.4. The zero-order valence-electron chi connectivity index (χ0n) is 10.2. The van der Waals surface area contributed by atoms with Crippen LogP contribution in [0.4, 0.5) is 11.6 Å². The van der Waals surface area contributed by atoms with E-state index in [1.54, 1.807) is 6.07 Å². The minimum atomic E-state index is 0.336. The number of anilines is 2. The van der Waals surface area contributed by atoms with Gasteiger partial charge in [0.15, 0.2) is 5.65 Å². The Balaban J connectivity index is 2.15. The van der Waals surface area contributed by atoms with Gasteiger partial charge in [-0.3, -0.25) is 0 Å². The Morgan fingerprint density at radius 3 is 2.84 bits per heavy atom. The lowest BCUT2D eigenvalue weighted by Gasteiger charge is -2.28. The van der Waals surface area contributed by atoms with Crippen molar-refractivity contribution in [2.24, 2.45) is 0 Å². The van der Waals surface area contributed by atoms with Crippen LogP contribution in [-0.4, -0.2) is 41.3 Å². The highest BCUT2D eigenvalue weighted by Gasteiger charge is 2.18. The van der Waals surface area contributed by atoms with E-state index in [1.807, 2.05) is 4.90 Å². The van der Waals surface area contributed by atoms with Gasteiger partial charge in [0.05, 0.1) is 24.2 Å². The second-order valence-electron chi connectivity index (χ2n) is 4.20. The van der Waals surface area contributed by atoms with Gasteiger partial charge in [0.25, 0.3) is 0 Å². The average Bonchev–Trinajstić information content (AvgIpc) is 2.47. The molecule has 0 atom stereocenters. The fourth-order valence-corrected chi connectivity index (χ4v) is 2.09. The molecule has 0 saturated carbocycles. The number of hydrogen-bond acceptors (Lipinski definition) is 7. The number of fused-ring (bicyclic) bond motifs is 1. The second kappa shape index (κ2) is 4.66. The van der Waals surface area contributed by atoms with Crippen LogP contribution >= 0.6 is 0 Å². The van der Waals surface area contributed by atoms with Gasteiger partial charge in [-0.05, 0) is 6.07 Å². The first-order chi connectivity index (χ1) is 9.29. The van der Waals surface area contributed by atoms with Crippen molar-refractivity contribution in [3.8, 4) is 6.07 Å². The Labute approximate surface area is 109 Å². The van der Waals surface area contributed by atoms with Crippen molar-refractivity contribution in [3.63, 3.8) is 0 Å².